The molecule has 0 spiro atoms. The number of fused-ring (bicyclic) bond motifs is 1. The van der Waals surface area contributed by atoms with Crippen LogP contribution in [0.5, 0.6) is 0 Å². The molecule has 1 aliphatic rings. The van der Waals surface area contributed by atoms with E-state index in [2.05, 4.69) is 57.7 Å². The lowest BCUT2D eigenvalue weighted by atomic mass is 9.85. The Morgan fingerprint density at radius 3 is 2.15 bits per heavy atom. The largest absolute Gasteiger partial charge is 0.300 e. The van der Waals surface area contributed by atoms with Crippen molar-refractivity contribution in [3.8, 4) is 0 Å². The van der Waals surface area contributed by atoms with E-state index < -0.39 is 0 Å². The van der Waals surface area contributed by atoms with Crippen molar-refractivity contribution in [2.75, 3.05) is 13.1 Å². The van der Waals surface area contributed by atoms with Gasteiger partial charge in [-0.15, -0.1) is 0 Å². The van der Waals surface area contributed by atoms with Crippen molar-refractivity contribution < 1.29 is 0 Å². The topological polar surface area (TPSA) is 3.24 Å². The van der Waals surface area contributed by atoms with E-state index in [1.165, 1.54) is 44.3 Å². The first-order valence-corrected chi connectivity index (χ1v) is 8.32. The van der Waals surface area contributed by atoms with Crippen molar-refractivity contribution in [2.24, 2.45) is 0 Å². The minimum Gasteiger partial charge on any atom is -0.300 e. The second kappa shape index (κ2) is 6.30. The van der Waals surface area contributed by atoms with Crippen molar-refractivity contribution in [3.63, 3.8) is 0 Å². The molecule has 0 bridgehead atoms. The molecule has 1 aromatic carbocycles. The number of hydrogen-bond donors (Lipinski definition) is 0. The third-order valence-corrected chi connectivity index (χ3v) is 4.52. The van der Waals surface area contributed by atoms with Crippen molar-refractivity contribution >= 4 is 0 Å². The Morgan fingerprint density at radius 2 is 1.60 bits per heavy atom. The lowest BCUT2D eigenvalue weighted by Crippen LogP contribution is -2.37. The van der Waals surface area contributed by atoms with Gasteiger partial charge in [-0.2, -0.15) is 0 Å². The molecule has 1 aromatic rings. The Hall–Kier alpha value is -0.820. The van der Waals surface area contributed by atoms with E-state index in [0.29, 0.717) is 0 Å². The first kappa shape index (κ1) is 15.6. The van der Waals surface area contributed by atoms with Gasteiger partial charge < -0.3 is 0 Å². The lowest BCUT2D eigenvalue weighted by molar-refractivity contribution is 0.202. The molecule has 0 heterocycles. The second-order valence-electron chi connectivity index (χ2n) is 7.33. The van der Waals surface area contributed by atoms with Crippen molar-refractivity contribution in [3.05, 3.63) is 34.9 Å². The Morgan fingerprint density at radius 1 is 1.00 bits per heavy atom. The van der Waals surface area contributed by atoms with Gasteiger partial charge in [0.1, 0.15) is 0 Å². The Kier molecular flexibility index (Phi) is 4.90. The molecule has 1 nitrogen and oxygen atoms in total. The number of rotatable bonds is 5. The third kappa shape index (κ3) is 3.44. The highest BCUT2D eigenvalue weighted by Crippen LogP contribution is 2.31. The van der Waals surface area contributed by atoms with Crippen LogP contribution in [0.2, 0.25) is 0 Å². The number of nitrogens with zero attached hydrogens (tertiary/aromatic N) is 1. The fraction of sp³-hybridized carbons (Fsp3) is 0.684. The molecule has 0 aliphatic heterocycles. The molecular weight excluding hydrogens is 242 g/mol. The lowest BCUT2D eigenvalue weighted by Gasteiger charge is -2.27. The predicted octanol–water partition coefficient (Wildman–Crippen LogP) is 4.57. The zero-order chi connectivity index (χ0) is 14.8. The fourth-order valence-corrected chi connectivity index (χ4v) is 3.37. The van der Waals surface area contributed by atoms with Gasteiger partial charge in [0.05, 0.1) is 0 Å². The van der Waals surface area contributed by atoms with E-state index in [1.807, 2.05) is 0 Å². The van der Waals surface area contributed by atoms with Gasteiger partial charge >= 0.3 is 0 Å². The summed E-state index contributed by atoms with van der Waals surface area (Å²) in [6.07, 6.45) is 5.03. The van der Waals surface area contributed by atoms with Crippen LogP contribution in [0.4, 0.5) is 0 Å². The van der Waals surface area contributed by atoms with Crippen LogP contribution in [0.15, 0.2) is 18.2 Å². The van der Waals surface area contributed by atoms with Crippen LogP contribution in [0.25, 0.3) is 0 Å². The molecule has 0 aromatic heterocycles. The molecule has 0 saturated carbocycles. The first-order valence-electron chi connectivity index (χ1n) is 8.32. The van der Waals surface area contributed by atoms with Gasteiger partial charge in [0.15, 0.2) is 0 Å². The maximum atomic E-state index is 2.71. The summed E-state index contributed by atoms with van der Waals surface area (Å²) >= 11 is 0. The normalized spacial score (nSPS) is 18.6. The van der Waals surface area contributed by atoms with Crippen LogP contribution in [0.1, 0.15) is 64.2 Å². The van der Waals surface area contributed by atoms with Crippen molar-refractivity contribution in [1.82, 2.24) is 4.90 Å². The molecule has 0 radical (unpaired) electrons. The minimum absolute atomic E-state index is 0.264. The summed E-state index contributed by atoms with van der Waals surface area (Å²) in [5.74, 6) is 0. The highest BCUT2D eigenvalue weighted by molar-refractivity contribution is 5.39. The van der Waals surface area contributed by atoms with Crippen molar-refractivity contribution in [2.45, 2.75) is 71.8 Å². The first-order chi connectivity index (χ1) is 9.45. The van der Waals surface area contributed by atoms with Crippen LogP contribution in [0, 0.1) is 0 Å². The van der Waals surface area contributed by atoms with Crippen LogP contribution >= 0.6 is 0 Å². The molecule has 0 fully saturated rings. The zero-order valence-corrected chi connectivity index (χ0v) is 14.0. The maximum absolute atomic E-state index is 2.71. The molecular formula is C19H31N. The van der Waals surface area contributed by atoms with E-state index in [-0.39, 0.29) is 5.41 Å². The van der Waals surface area contributed by atoms with Gasteiger partial charge in [-0.25, -0.2) is 0 Å². The highest BCUT2D eigenvalue weighted by Gasteiger charge is 2.27. The molecule has 0 N–H and O–H groups in total. The van der Waals surface area contributed by atoms with Crippen LogP contribution in [0.3, 0.4) is 0 Å². The smallest absolute Gasteiger partial charge is 0.0176 e. The Bertz CT molecular complexity index is 436. The van der Waals surface area contributed by atoms with Gasteiger partial charge in [-0.05, 0) is 60.9 Å². The van der Waals surface area contributed by atoms with Crippen LogP contribution in [-0.4, -0.2) is 24.0 Å². The van der Waals surface area contributed by atoms with Gasteiger partial charge in [0.2, 0.25) is 0 Å². The second-order valence-corrected chi connectivity index (χ2v) is 7.33. The van der Waals surface area contributed by atoms with Crippen LogP contribution in [-0.2, 0) is 18.3 Å². The molecule has 1 heteroatoms. The monoisotopic (exact) mass is 273 g/mol. The number of hydrogen-bond acceptors (Lipinski definition) is 1. The van der Waals surface area contributed by atoms with E-state index in [4.69, 9.17) is 0 Å². The van der Waals surface area contributed by atoms with E-state index in [0.717, 1.165) is 6.04 Å². The molecule has 1 unspecified atom stereocenters. The number of benzene rings is 1. The summed E-state index contributed by atoms with van der Waals surface area (Å²) < 4.78 is 0. The van der Waals surface area contributed by atoms with Gasteiger partial charge in [0, 0.05) is 6.04 Å². The summed E-state index contributed by atoms with van der Waals surface area (Å²) in [5.41, 5.74) is 4.92. The average molecular weight is 273 g/mol. The summed E-state index contributed by atoms with van der Waals surface area (Å²) in [7, 11) is 0. The minimum atomic E-state index is 0.264. The molecule has 1 aliphatic carbocycles. The van der Waals surface area contributed by atoms with Crippen LogP contribution < -0.4 is 0 Å². The third-order valence-electron chi connectivity index (χ3n) is 4.52. The average Bonchev–Trinajstić information content (AvgIpc) is 2.80. The molecule has 1 atom stereocenters. The van der Waals surface area contributed by atoms with E-state index >= 15 is 0 Å². The molecule has 0 saturated heterocycles. The predicted molar refractivity (Wildman–Crippen MR) is 88.5 cm³/mol. The maximum Gasteiger partial charge on any atom is 0.0176 e. The Labute approximate surface area is 125 Å². The molecule has 112 valence electrons. The van der Waals surface area contributed by atoms with E-state index in [9.17, 15) is 0 Å². The van der Waals surface area contributed by atoms with Gasteiger partial charge in [0.25, 0.3) is 0 Å². The summed E-state index contributed by atoms with van der Waals surface area (Å²) in [6.45, 7) is 14.0. The fourth-order valence-electron chi connectivity index (χ4n) is 3.37. The molecule has 20 heavy (non-hydrogen) atoms. The molecule has 2 rings (SSSR count). The SMILES string of the molecule is CCCN(CCC)C1Cc2ccc(C(C)(C)C)cc2C1. The standard InChI is InChI=1S/C19H31N/c1-6-10-20(11-7-2)18-13-15-8-9-17(19(3,4)5)12-16(15)14-18/h8-9,12,18H,6-7,10-11,13-14H2,1-5H3. The Balaban J connectivity index is 2.14. The summed E-state index contributed by atoms with van der Waals surface area (Å²) in [5, 5.41) is 0. The summed E-state index contributed by atoms with van der Waals surface area (Å²) in [4.78, 5) is 2.71. The van der Waals surface area contributed by atoms with Gasteiger partial charge in [-0.1, -0.05) is 52.8 Å². The summed E-state index contributed by atoms with van der Waals surface area (Å²) in [6, 6.07) is 7.92. The highest BCUT2D eigenvalue weighted by atomic mass is 15.1. The van der Waals surface area contributed by atoms with Crippen molar-refractivity contribution in [1.29, 1.82) is 0 Å². The molecule has 0 amide bonds. The quantitative estimate of drug-likeness (QED) is 0.759. The van der Waals surface area contributed by atoms with E-state index in [1.54, 1.807) is 11.1 Å². The van der Waals surface area contributed by atoms with Gasteiger partial charge in [-0.3, -0.25) is 4.90 Å². The zero-order valence-electron chi connectivity index (χ0n) is 14.0.